The summed E-state index contributed by atoms with van der Waals surface area (Å²) in [6.07, 6.45) is 0. The molecule has 0 bridgehead atoms. The van der Waals surface area contributed by atoms with Crippen LogP contribution in [-0.2, 0) is 0 Å². The SMILES string of the molecule is Cc1ccc2c(ccc3ccc4cc(C)ccc4c32)c1. The van der Waals surface area contributed by atoms with Gasteiger partial charge < -0.3 is 0 Å². The third-order valence-corrected chi connectivity index (χ3v) is 4.13. The van der Waals surface area contributed by atoms with E-state index in [-0.39, 0.29) is 0 Å². The highest BCUT2D eigenvalue weighted by Crippen LogP contribution is 2.32. The Labute approximate surface area is 118 Å². The molecule has 0 heterocycles. The maximum absolute atomic E-state index is 2.27. The minimum Gasteiger partial charge on any atom is -0.0587 e. The van der Waals surface area contributed by atoms with Crippen molar-refractivity contribution in [3.8, 4) is 0 Å². The van der Waals surface area contributed by atoms with E-state index >= 15 is 0 Å². The largest absolute Gasteiger partial charge is 0.0587 e. The average Bonchev–Trinajstić information content (AvgIpc) is 2.46. The zero-order valence-corrected chi connectivity index (χ0v) is 11.8. The topological polar surface area (TPSA) is 0 Å². The van der Waals surface area contributed by atoms with Gasteiger partial charge in [0.25, 0.3) is 0 Å². The van der Waals surface area contributed by atoms with E-state index in [2.05, 4.69) is 74.5 Å². The van der Waals surface area contributed by atoms with E-state index in [0.29, 0.717) is 0 Å². The molecule has 4 rings (SSSR count). The summed E-state index contributed by atoms with van der Waals surface area (Å²) in [5, 5.41) is 8.04. The molecule has 0 saturated carbocycles. The molecular weight excluding hydrogens is 240 g/mol. The van der Waals surface area contributed by atoms with Gasteiger partial charge in [-0.1, -0.05) is 71.8 Å². The van der Waals surface area contributed by atoms with E-state index in [9.17, 15) is 0 Å². The fourth-order valence-electron chi connectivity index (χ4n) is 3.13. The zero-order chi connectivity index (χ0) is 13.7. The molecule has 0 fully saturated rings. The lowest BCUT2D eigenvalue weighted by Crippen LogP contribution is -1.83. The molecule has 4 aromatic rings. The van der Waals surface area contributed by atoms with Crippen molar-refractivity contribution in [3.63, 3.8) is 0 Å². The predicted octanol–water partition coefficient (Wildman–Crippen LogP) is 5.76. The Kier molecular flexibility index (Phi) is 2.34. The lowest BCUT2D eigenvalue weighted by Gasteiger charge is -2.09. The standard InChI is InChI=1S/C20H16/c1-13-3-9-18-16(11-13)7-5-15-6-8-17-12-14(2)4-10-19(17)20(15)18/h3-12H,1-2H3. The third-order valence-electron chi connectivity index (χ3n) is 4.13. The molecule has 0 spiro atoms. The second-order valence-corrected chi connectivity index (χ2v) is 5.68. The van der Waals surface area contributed by atoms with Crippen LogP contribution >= 0.6 is 0 Å². The number of fused-ring (bicyclic) bond motifs is 5. The van der Waals surface area contributed by atoms with E-state index in [1.807, 2.05) is 0 Å². The first-order valence-corrected chi connectivity index (χ1v) is 7.05. The van der Waals surface area contributed by atoms with Crippen LogP contribution in [-0.4, -0.2) is 0 Å². The second-order valence-electron chi connectivity index (χ2n) is 5.68. The number of aryl methyl sites for hydroxylation is 2. The van der Waals surface area contributed by atoms with Gasteiger partial charge in [-0.05, 0) is 46.2 Å². The number of rotatable bonds is 0. The first-order chi connectivity index (χ1) is 9.72. The van der Waals surface area contributed by atoms with Gasteiger partial charge in [-0.2, -0.15) is 0 Å². The summed E-state index contributed by atoms with van der Waals surface area (Å²) in [7, 11) is 0. The number of hydrogen-bond acceptors (Lipinski definition) is 0. The molecule has 20 heavy (non-hydrogen) atoms. The van der Waals surface area contributed by atoms with Crippen molar-refractivity contribution >= 4 is 32.3 Å². The molecule has 0 aliphatic carbocycles. The third kappa shape index (κ3) is 1.61. The summed E-state index contributed by atoms with van der Waals surface area (Å²) in [5.74, 6) is 0. The van der Waals surface area contributed by atoms with Gasteiger partial charge in [0.15, 0.2) is 0 Å². The van der Waals surface area contributed by atoms with Gasteiger partial charge in [0, 0.05) is 0 Å². The molecule has 0 heteroatoms. The molecule has 0 aromatic heterocycles. The van der Waals surface area contributed by atoms with Gasteiger partial charge in [-0.15, -0.1) is 0 Å². The Balaban J connectivity index is 2.29. The van der Waals surface area contributed by atoms with Gasteiger partial charge >= 0.3 is 0 Å². The lowest BCUT2D eigenvalue weighted by molar-refractivity contribution is 1.51. The van der Waals surface area contributed by atoms with E-state index in [4.69, 9.17) is 0 Å². The van der Waals surface area contributed by atoms with Gasteiger partial charge in [0.2, 0.25) is 0 Å². The highest BCUT2D eigenvalue weighted by atomic mass is 14.1. The molecule has 0 N–H and O–H groups in total. The van der Waals surface area contributed by atoms with Crippen LogP contribution in [0, 0.1) is 13.8 Å². The van der Waals surface area contributed by atoms with Crippen molar-refractivity contribution in [2.45, 2.75) is 13.8 Å². The lowest BCUT2D eigenvalue weighted by atomic mass is 9.95. The number of benzene rings is 4. The Morgan fingerprint density at radius 2 is 0.950 bits per heavy atom. The molecule has 96 valence electrons. The summed E-state index contributed by atoms with van der Waals surface area (Å²) in [4.78, 5) is 0. The van der Waals surface area contributed by atoms with Crippen LogP contribution in [0.3, 0.4) is 0 Å². The van der Waals surface area contributed by atoms with Gasteiger partial charge in [-0.3, -0.25) is 0 Å². The normalized spacial score (nSPS) is 11.5. The summed E-state index contributed by atoms with van der Waals surface area (Å²) in [6, 6.07) is 22.4. The van der Waals surface area contributed by atoms with Crippen LogP contribution in [0.5, 0.6) is 0 Å². The first-order valence-electron chi connectivity index (χ1n) is 7.05. The van der Waals surface area contributed by atoms with Crippen molar-refractivity contribution in [1.29, 1.82) is 0 Å². The summed E-state index contributed by atoms with van der Waals surface area (Å²) in [6.45, 7) is 4.30. The van der Waals surface area contributed by atoms with Crippen LogP contribution in [0.2, 0.25) is 0 Å². The Bertz CT molecular complexity index is 885. The molecule has 0 aliphatic heterocycles. The van der Waals surface area contributed by atoms with Crippen LogP contribution in [0.25, 0.3) is 32.3 Å². The monoisotopic (exact) mass is 256 g/mol. The highest BCUT2D eigenvalue weighted by molar-refractivity contribution is 6.20. The average molecular weight is 256 g/mol. The molecule has 0 unspecified atom stereocenters. The fourth-order valence-corrected chi connectivity index (χ4v) is 3.13. The predicted molar refractivity (Wildman–Crippen MR) is 88.4 cm³/mol. The summed E-state index contributed by atoms with van der Waals surface area (Å²) >= 11 is 0. The Morgan fingerprint density at radius 3 is 1.45 bits per heavy atom. The minimum atomic E-state index is 1.31. The summed E-state index contributed by atoms with van der Waals surface area (Å²) in [5.41, 5.74) is 2.63. The van der Waals surface area contributed by atoms with E-state index in [0.717, 1.165) is 0 Å². The van der Waals surface area contributed by atoms with Crippen LogP contribution < -0.4 is 0 Å². The van der Waals surface area contributed by atoms with Crippen LogP contribution in [0.4, 0.5) is 0 Å². The maximum Gasteiger partial charge on any atom is -0.00268 e. The molecule has 0 saturated heterocycles. The quantitative estimate of drug-likeness (QED) is 0.351. The molecule has 0 amide bonds. The van der Waals surface area contributed by atoms with Crippen molar-refractivity contribution < 1.29 is 0 Å². The van der Waals surface area contributed by atoms with Crippen molar-refractivity contribution in [1.82, 2.24) is 0 Å². The van der Waals surface area contributed by atoms with Gasteiger partial charge in [0.05, 0.1) is 0 Å². The highest BCUT2D eigenvalue weighted by Gasteiger charge is 2.05. The number of hydrogen-bond donors (Lipinski definition) is 0. The minimum absolute atomic E-state index is 1.31. The van der Waals surface area contributed by atoms with Gasteiger partial charge in [-0.25, -0.2) is 0 Å². The maximum atomic E-state index is 2.27. The van der Waals surface area contributed by atoms with Crippen molar-refractivity contribution in [2.24, 2.45) is 0 Å². The van der Waals surface area contributed by atoms with E-state index in [1.165, 1.54) is 43.4 Å². The molecule has 4 aromatic carbocycles. The second kappa shape index (κ2) is 4.08. The van der Waals surface area contributed by atoms with Crippen LogP contribution in [0.1, 0.15) is 11.1 Å². The van der Waals surface area contributed by atoms with Gasteiger partial charge in [0.1, 0.15) is 0 Å². The van der Waals surface area contributed by atoms with Crippen molar-refractivity contribution in [3.05, 3.63) is 71.8 Å². The van der Waals surface area contributed by atoms with E-state index < -0.39 is 0 Å². The smallest absolute Gasteiger partial charge is 0.00268 e. The fraction of sp³-hybridized carbons (Fsp3) is 0.100. The first kappa shape index (κ1) is 11.5. The Morgan fingerprint density at radius 1 is 0.500 bits per heavy atom. The molecule has 0 aliphatic rings. The van der Waals surface area contributed by atoms with Crippen molar-refractivity contribution in [2.75, 3.05) is 0 Å². The zero-order valence-electron chi connectivity index (χ0n) is 11.8. The van der Waals surface area contributed by atoms with E-state index in [1.54, 1.807) is 0 Å². The summed E-state index contributed by atoms with van der Waals surface area (Å²) < 4.78 is 0. The molecule has 0 radical (unpaired) electrons. The Hall–Kier alpha value is -2.34. The van der Waals surface area contributed by atoms with Crippen LogP contribution in [0.15, 0.2) is 60.7 Å². The molecular formula is C20H16. The molecule has 0 nitrogen and oxygen atoms in total. The molecule has 0 atom stereocenters.